The number of hydrogen-bond donors (Lipinski definition) is 1. The predicted octanol–water partition coefficient (Wildman–Crippen LogP) is 6.71. The van der Waals surface area contributed by atoms with E-state index in [9.17, 15) is 18.0 Å². The van der Waals surface area contributed by atoms with E-state index >= 15 is 0 Å². The smallest absolute Gasteiger partial charge is 0.264 e. The summed E-state index contributed by atoms with van der Waals surface area (Å²) in [5.41, 5.74) is 3.22. The Bertz CT molecular complexity index is 1720. The lowest BCUT2D eigenvalue weighted by atomic mass is 10.0. The van der Waals surface area contributed by atoms with E-state index in [0.29, 0.717) is 0 Å². The van der Waals surface area contributed by atoms with Gasteiger partial charge in [0, 0.05) is 18.5 Å². The fourth-order valence-electron chi connectivity index (χ4n) is 4.90. The number of carbonyl (C=O) groups excluding carboxylic acids is 2. The van der Waals surface area contributed by atoms with Crippen molar-refractivity contribution in [3.8, 4) is 0 Å². The molecule has 0 spiro atoms. The molecule has 1 N–H and O–H groups in total. The zero-order chi connectivity index (χ0) is 32.8. The van der Waals surface area contributed by atoms with Crippen molar-refractivity contribution in [2.24, 2.45) is 0 Å². The molecule has 0 aliphatic rings. The molecular weight excluding hydrogens is 606 g/mol. The van der Waals surface area contributed by atoms with Crippen LogP contribution in [0.4, 0.5) is 5.69 Å². The molecule has 236 valence electrons. The van der Waals surface area contributed by atoms with Crippen molar-refractivity contribution >= 4 is 39.1 Å². The molecule has 2 amide bonds. The zero-order valence-electron chi connectivity index (χ0n) is 26.3. The van der Waals surface area contributed by atoms with E-state index in [1.807, 2.05) is 89.2 Å². The van der Waals surface area contributed by atoms with Gasteiger partial charge in [-0.3, -0.25) is 13.9 Å². The summed E-state index contributed by atoms with van der Waals surface area (Å²) in [5, 5.41) is 3.22. The van der Waals surface area contributed by atoms with Gasteiger partial charge in [0.2, 0.25) is 11.8 Å². The highest BCUT2D eigenvalue weighted by Crippen LogP contribution is 2.31. The lowest BCUT2D eigenvalue weighted by Gasteiger charge is -2.35. The van der Waals surface area contributed by atoms with E-state index in [4.69, 9.17) is 11.6 Å². The maximum atomic E-state index is 14.5. The van der Waals surface area contributed by atoms with Crippen molar-refractivity contribution in [1.29, 1.82) is 0 Å². The SMILES string of the molecule is Cc1ccc(CN(C(=O)CN(c2ccccc2Cl)S(=O)(=O)c2ccc(C)cc2)[C@@H](Cc2ccccc2)C(=O)NC(C)(C)C)cc1. The minimum Gasteiger partial charge on any atom is -0.350 e. The summed E-state index contributed by atoms with van der Waals surface area (Å²) in [5.74, 6) is -0.881. The van der Waals surface area contributed by atoms with Crippen molar-refractivity contribution in [2.75, 3.05) is 10.8 Å². The van der Waals surface area contributed by atoms with Crippen LogP contribution in [0.2, 0.25) is 5.02 Å². The van der Waals surface area contributed by atoms with Crippen LogP contribution in [0.25, 0.3) is 0 Å². The van der Waals surface area contributed by atoms with Crippen LogP contribution in [0.15, 0.2) is 108 Å². The van der Waals surface area contributed by atoms with Crippen molar-refractivity contribution in [1.82, 2.24) is 10.2 Å². The van der Waals surface area contributed by atoms with Gasteiger partial charge >= 0.3 is 0 Å². The molecule has 7 nitrogen and oxygen atoms in total. The summed E-state index contributed by atoms with van der Waals surface area (Å²) in [6, 6.07) is 29.2. The summed E-state index contributed by atoms with van der Waals surface area (Å²) >= 11 is 6.54. The molecule has 0 bridgehead atoms. The molecule has 0 aliphatic carbocycles. The number of nitrogens with one attached hydrogen (secondary N) is 1. The topological polar surface area (TPSA) is 86.8 Å². The van der Waals surface area contributed by atoms with Crippen molar-refractivity contribution in [2.45, 2.75) is 64.1 Å². The van der Waals surface area contributed by atoms with Gasteiger partial charge in [0.25, 0.3) is 10.0 Å². The average molecular weight is 646 g/mol. The molecule has 4 aromatic carbocycles. The van der Waals surface area contributed by atoms with Crippen LogP contribution in [-0.2, 0) is 32.6 Å². The molecule has 9 heteroatoms. The number of anilines is 1. The summed E-state index contributed by atoms with van der Waals surface area (Å²) in [6.07, 6.45) is 0.233. The van der Waals surface area contributed by atoms with Gasteiger partial charge in [-0.2, -0.15) is 0 Å². The Morgan fingerprint density at radius 1 is 0.778 bits per heavy atom. The Kier molecular flexibility index (Phi) is 10.7. The highest BCUT2D eigenvalue weighted by Gasteiger charge is 2.36. The van der Waals surface area contributed by atoms with E-state index in [1.54, 1.807) is 36.4 Å². The minimum absolute atomic E-state index is 0.0252. The van der Waals surface area contributed by atoms with E-state index < -0.39 is 34.1 Å². The standard InChI is InChI=1S/C36H40ClN3O4S/c1-26-15-19-29(20-16-26)24-39(33(35(42)38-36(3,4)5)23-28-11-7-6-8-12-28)34(41)25-40(32-14-10-9-13-31(32)37)45(43,44)30-21-17-27(2)18-22-30/h6-22,33H,23-25H2,1-5H3,(H,38,42)/t33-/m0/s1. The molecule has 0 aromatic heterocycles. The number of halogens is 1. The maximum absolute atomic E-state index is 14.5. The Labute approximate surface area is 271 Å². The fourth-order valence-corrected chi connectivity index (χ4v) is 6.62. The largest absolute Gasteiger partial charge is 0.350 e. The lowest BCUT2D eigenvalue weighted by molar-refractivity contribution is -0.140. The van der Waals surface area contributed by atoms with Crippen molar-refractivity contribution in [3.05, 3.63) is 130 Å². The molecule has 1 atom stereocenters. The Hall–Kier alpha value is -4.14. The highest BCUT2D eigenvalue weighted by molar-refractivity contribution is 7.92. The molecule has 0 radical (unpaired) electrons. The number of rotatable bonds is 11. The molecule has 0 fully saturated rings. The van der Waals surface area contributed by atoms with Crippen LogP contribution in [-0.4, -0.2) is 43.3 Å². The van der Waals surface area contributed by atoms with Gasteiger partial charge in [0.05, 0.1) is 15.6 Å². The highest BCUT2D eigenvalue weighted by atomic mass is 35.5. The second kappa shape index (κ2) is 14.3. The Balaban J connectivity index is 1.82. The van der Waals surface area contributed by atoms with Gasteiger partial charge in [-0.1, -0.05) is 102 Å². The molecule has 45 heavy (non-hydrogen) atoms. The third-order valence-electron chi connectivity index (χ3n) is 7.25. The quantitative estimate of drug-likeness (QED) is 0.197. The summed E-state index contributed by atoms with van der Waals surface area (Å²) in [4.78, 5) is 30.0. The van der Waals surface area contributed by atoms with Crippen LogP contribution in [0.3, 0.4) is 0 Å². The number of amides is 2. The molecular formula is C36H40ClN3O4S. The van der Waals surface area contributed by atoms with Crippen molar-refractivity contribution < 1.29 is 18.0 Å². The molecule has 0 heterocycles. The van der Waals surface area contributed by atoms with Crippen LogP contribution in [0.5, 0.6) is 0 Å². The van der Waals surface area contributed by atoms with Gasteiger partial charge in [-0.15, -0.1) is 0 Å². The summed E-state index contributed by atoms with van der Waals surface area (Å²) in [6.45, 7) is 9.00. The normalized spacial score (nSPS) is 12.3. The molecule has 0 saturated carbocycles. The summed E-state index contributed by atoms with van der Waals surface area (Å²) in [7, 11) is -4.23. The number of carbonyl (C=O) groups is 2. The lowest BCUT2D eigenvalue weighted by Crippen LogP contribution is -2.56. The van der Waals surface area contributed by atoms with Crippen LogP contribution < -0.4 is 9.62 Å². The molecule has 0 aliphatic heterocycles. The second-order valence-corrected chi connectivity index (χ2v) is 14.5. The first-order valence-electron chi connectivity index (χ1n) is 14.8. The Morgan fingerprint density at radius 3 is 1.91 bits per heavy atom. The zero-order valence-corrected chi connectivity index (χ0v) is 27.9. The fraction of sp³-hybridized carbons (Fsp3) is 0.278. The van der Waals surface area contributed by atoms with Gasteiger partial charge in [-0.25, -0.2) is 8.42 Å². The molecule has 0 unspecified atom stereocenters. The first kappa shape index (κ1) is 33.7. The van der Waals surface area contributed by atoms with Gasteiger partial charge in [-0.05, 0) is 70.0 Å². The van der Waals surface area contributed by atoms with Crippen LogP contribution in [0.1, 0.15) is 43.0 Å². The first-order chi connectivity index (χ1) is 21.2. The average Bonchev–Trinajstić information content (AvgIpc) is 2.99. The third-order valence-corrected chi connectivity index (χ3v) is 9.35. The van der Waals surface area contributed by atoms with E-state index in [1.165, 1.54) is 17.0 Å². The molecule has 4 rings (SSSR count). The van der Waals surface area contributed by atoms with Gasteiger partial charge in [0.1, 0.15) is 12.6 Å². The molecule has 0 saturated heterocycles. The third kappa shape index (κ3) is 8.96. The minimum atomic E-state index is -4.23. The van der Waals surface area contributed by atoms with Crippen LogP contribution >= 0.6 is 11.6 Å². The number of para-hydroxylation sites is 1. The number of sulfonamides is 1. The van der Waals surface area contributed by atoms with Gasteiger partial charge < -0.3 is 10.2 Å². The second-order valence-electron chi connectivity index (χ2n) is 12.2. The first-order valence-corrected chi connectivity index (χ1v) is 16.6. The summed E-state index contributed by atoms with van der Waals surface area (Å²) < 4.78 is 29.3. The number of hydrogen-bond acceptors (Lipinski definition) is 4. The van der Waals surface area contributed by atoms with Crippen LogP contribution in [0, 0.1) is 13.8 Å². The number of nitrogens with zero attached hydrogens (tertiary/aromatic N) is 2. The number of aryl methyl sites for hydroxylation is 2. The molecule has 4 aromatic rings. The maximum Gasteiger partial charge on any atom is 0.264 e. The van der Waals surface area contributed by atoms with E-state index in [-0.39, 0.29) is 34.5 Å². The number of benzene rings is 4. The monoisotopic (exact) mass is 645 g/mol. The predicted molar refractivity (Wildman–Crippen MR) is 181 cm³/mol. The van der Waals surface area contributed by atoms with Gasteiger partial charge in [0.15, 0.2) is 0 Å². The van der Waals surface area contributed by atoms with E-state index in [2.05, 4.69) is 5.32 Å². The van der Waals surface area contributed by atoms with Crippen molar-refractivity contribution in [3.63, 3.8) is 0 Å². The Morgan fingerprint density at radius 2 is 1.33 bits per heavy atom. The van der Waals surface area contributed by atoms with E-state index in [0.717, 1.165) is 26.6 Å².